The smallest absolute Gasteiger partial charge is 0.319 e. The van der Waals surface area contributed by atoms with Crippen LogP contribution in [-0.2, 0) is 0 Å². The topological polar surface area (TPSA) is 142 Å². The molecule has 3 N–H and O–H groups in total. The molecule has 0 unspecified atom stereocenters. The maximum Gasteiger partial charge on any atom is 0.319 e. The van der Waals surface area contributed by atoms with Gasteiger partial charge < -0.3 is 25.1 Å². The van der Waals surface area contributed by atoms with E-state index in [1.807, 2.05) is 4.90 Å². The van der Waals surface area contributed by atoms with E-state index in [1.54, 1.807) is 6.92 Å². The average Bonchev–Trinajstić information content (AvgIpc) is 3.65. The van der Waals surface area contributed by atoms with E-state index < -0.39 is 23.3 Å². The molecule has 0 spiro atoms. The summed E-state index contributed by atoms with van der Waals surface area (Å²) < 4.78 is 57.0. The number of aromatic nitrogens is 4. The zero-order valence-electron chi connectivity index (χ0n) is 23.5. The lowest BCUT2D eigenvalue weighted by molar-refractivity contribution is 0.107. The van der Waals surface area contributed by atoms with Gasteiger partial charge in [0.15, 0.2) is 23.0 Å². The Hall–Kier alpha value is -4.22. The minimum absolute atomic E-state index is 0.0492. The Kier molecular flexibility index (Phi) is 6.74. The molecule has 4 aromatic rings. The van der Waals surface area contributed by atoms with E-state index in [0.29, 0.717) is 44.1 Å². The Morgan fingerprint density at radius 1 is 1.16 bits per heavy atom. The largest absolute Gasteiger partial charge is 0.461 e. The van der Waals surface area contributed by atoms with Gasteiger partial charge in [0.1, 0.15) is 29.3 Å². The average molecular weight is 594 g/mol. The van der Waals surface area contributed by atoms with Crippen molar-refractivity contribution in [1.82, 2.24) is 30.2 Å². The molecule has 1 aromatic carbocycles. The summed E-state index contributed by atoms with van der Waals surface area (Å²) in [6.45, 7) is 4.55. The summed E-state index contributed by atoms with van der Waals surface area (Å²) in [4.78, 5) is 22.1. The van der Waals surface area contributed by atoms with Crippen LogP contribution in [-0.4, -0.2) is 81.9 Å². The highest BCUT2D eigenvalue weighted by molar-refractivity contribution is 5.97. The lowest BCUT2D eigenvalue weighted by Gasteiger charge is -2.34. The number of pyridine rings is 1. The molecule has 43 heavy (non-hydrogen) atoms. The van der Waals surface area contributed by atoms with E-state index in [-0.39, 0.29) is 64.4 Å². The number of benzene rings is 1. The molecule has 3 atom stereocenters. The molecule has 14 heteroatoms. The van der Waals surface area contributed by atoms with Crippen LogP contribution in [0, 0.1) is 29.9 Å². The zero-order valence-corrected chi connectivity index (χ0v) is 23.5. The molecule has 3 aliphatic rings. The number of anilines is 2. The number of nitriles is 1. The van der Waals surface area contributed by atoms with E-state index in [9.17, 15) is 14.0 Å². The van der Waals surface area contributed by atoms with Gasteiger partial charge in [0.2, 0.25) is 0 Å². The number of hydrogen-bond donors (Lipinski definition) is 2. The summed E-state index contributed by atoms with van der Waals surface area (Å²) in [7, 11) is 0. The third-order valence-electron chi connectivity index (χ3n) is 8.82. The van der Waals surface area contributed by atoms with Crippen LogP contribution in [0.25, 0.3) is 33.3 Å². The molecule has 0 radical (unpaired) electrons. The quantitative estimate of drug-likeness (QED) is 0.338. The first-order chi connectivity index (χ1) is 20.8. The number of nitrogens with one attached hydrogen (secondary N) is 1. The molecule has 3 aromatic heterocycles. The molecule has 0 saturated carbocycles. The highest BCUT2D eigenvalue weighted by Gasteiger charge is 2.49. The van der Waals surface area contributed by atoms with E-state index in [2.05, 4.69) is 26.3 Å². The molecule has 6 heterocycles. The summed E-state index contributed by atoms with van der Waals surface area (Å²) in [6, 6.07) is 4.34. The number of hydrogen-bond acceptors (Lipinski definition) is 11. The fraction of sp³-hybridized carbons (Fsp3) is 0.483. The van der Waals surface area contributed by atoms with Crippen molar-refractivity contribution in [2.24, 2.45) is 0 Å². The second-order valence-corrected chi connectivity index (χ2v) is 11.6. The van der Waals surface area contributed by atoms with Crippen molar-refractivity contribution in [1.29, 1.82) is 5.26 Å². The van der Waals surface area contributed by atoms with Gasteiger partial charge in [-0.25, -0.2) is 18.2 Å². The molecule has 3 aliphatic heterocycles. The van der Waals surface area contributed by atoms with Crippen molar-refractivity contribution in [3.05, 3.63) is 29.5 Å². The maximum atomic E-state index is 16.7. The highest BCUT2D eigenvalue weighted by atomic mass is 19.1. The van der Waals surface area contributed by atoms with Crippen molar-refractivity contribution in [3.63, 3.8) is 0 Å². The Balaban J connectivity index is 1.36. The Labute approximate surface area is 244 Å². The van der Waals surface area contributed by atoms with Gasteiger partial charge in [-0.05, 0) is 38.4 Å². The van der Waals surface area contributed by atoms with Gasteiger partial charge in [-0.2, -0.15) is 20.2 Å². The van der Waals surface area contributed by atoms with Gasteiger partial charge in [0.05, 0.1) is 18.0 Å². The summed E-state index contributed by atoms with van der Waals surface area (Å²) in [5.41, 5.74) is 5.91. The van der Waals surface area contributed by atoms with Gasteiger partial charge >= 0.3 is 6.01 Å². The van der Waals surface area contributed by atoms with Crippen molar-refractivity contribution >= 4 is 34.0 Å². The Bertz CT molecular complexity index is 1780. The predicted molar refractivity (Wildman–Crippen MR) is 152 cm³/mol. The predicted octanol–water partition coefficient (Wildman–Crippen LogP) is 3.65. The normalized spacial score (nSPS) is 24.1. The number of fused-ring (bicyclic) bond motifs is 3. The molecule has 3 saturated heterocycles. The molecular formula is C29H30F3N9O2. The number of aryl methyl sites for hydroxylation is 1. The number of alkyl halides is 1. The monoisotopic (exact) mass is 593 g/mol. The second kappa shape index (κ2) is 10.5. The number of nitrogens with two attached hydrogens (primary N) is 1. The standard InChI is InChI=1S/C29H30F3N9O2/c1-15-20(18-3-4-19(31)25-22(18)37-27(34)43-25)21(32)23-24(36-15)26(40-10-8-35-17(13-40)5-7-33)39-28(38-23)42-14-29-6-2-9-41(29)12-16(30)11-29/h3-4,16-17,35H,2,5-6,8-14H2,1H3,(H2,34,37)/t16-,17+,29+/m1/s1. The molecule has 0 amide bonds. The number of rotatable bonds is 6. The van der Waals surface area contributed by atoms with Gasteiger partial charge in [0.25, 0.3) is 6.01 Å². The summed E-state index contributed by atoms with van der Waals surface area (Å²) >= 11 is 0. The number of nitrogens with zero attached hydrogens (tertiary/aromatic N) is 7. The molecule has 7 rings (SSSR count). The third kappa shape index (κ3) is 4.67. The summed E-state index contributed by atoms with van der Waals surface area (Å²) in [5, 5.41) is 12.6. The van der Waals surface area contributed by atoms with E-state index in [1.165, 1.54) is 6.07 Å². The van der Waals surface area contributed by atoms with Crippen molar-refractivity contribution in [2.75, 3.05) is 50.0 Å². The fourth-order valence-corrected chi connectivity index (χ4v) is 6.88. The number of nitrogen functional groups attached to an aromatic ring is 1. The molecule has 0 bridgehead atoms. The first kappa shape index (κ1) is 27.6. The summed E-state index contributed by atoms with van der Waals surface area (Å²) in [5.74, 6) is -1.01. The van der Waals surface area contributed by atoms with Gasteiger partial charge in [-0.1, -0.05) is 0 Å². The van der Waals surface area contributed by atoms with Crippen LogP contribution in [0.3, 0.4) is 0 Å². The minimum Gasteiger partial charge on any atom is -0.461 e. The Morgan fingerprint density at radius 2 is 2.02 bits per heavy atom. The molecule has 224 valence electrons. The highest BCUT2D eigenvalue weighted by Crippen LogP contribution is 2.41. The number of oxazole rings is 1. The van der Waals surface area contributed by atoms with Crippen LogP contribution in [0.15, 0.2) is 16.5 Å². The third-order valence-corrected chi connectivity index (χ3v) is 8.82. The van der Waals surface area contributed by atoms with Crippen molar-refractivity contribution < 1.29 is 22.3 Å². The first-order valence-corrected chi connectivity index (χ1v) is 14.4. The lowest BCUT2D eigenvalue weighted by atomic mass is 9.95. The first-order valence-electron chi connectivity index (χ1n) is 14.4. The van der Waals surface area contributed by atoms with E-state index >= 15 is 4.39 Å². The van der Waals surface area contributed by atoms with Crippen molar-refractivity contribution in [2.45, 2.75) is 50.4 Å². The van der Waals surface area contributed by atoms with Crippen LogP contribution >= 0.6 is 0 Å². The van der Waals surface area contributed by atoms with Crippen LogP contribution in [0.4, 0.5) is 25.0 Å². The van der Waals surface area contributed by atoms with Crippen LogP contribution in [0.1, 0.15) is 31.4 Å². The lowest BCUT2D eigenvalue weighted by Crippen LogP contribution is -2.51. The molecule has 11 nitrogen and oxygen atoms in total. The number of halogens is 3. The fourth-order valence-electron chi connectivity index (χ4n) is 6.88. The van der Waals surface area contributed by atoms with Crippen LogP contribution in [0.2, 0.25) is 0 Å². The van der Waals surface area contributed by atoms with E-state index in [4.69, 9.17) is 24.9 Å². The summed E-state index contributed by atoms with van der Waals surface area (Å²) in [6.07, 6.45) is 1.46. The van der Waals surface area contributed by atoms with Gasteiger partial charge in [-0.3, -0.25) is 4.90 Å². The van der Waals surface area contributed by atoms with E-state index in [0.717, 1.165) is 25.5 Å². The molecule has 0 aliphatic carbocycles. The van der Waals surface area contributed by atoms with Gasteiger partial charge in [0, 0.05) is 55.5 Å². The maximum absolute atomic E-state index is 16.7. The minimum atomic E-state index is -0.930. The molecular weight excluding hydrogens is 563 g/mol. The van der Waals surface area contributed by atoms with Crippen LogP contribution < -0.4 is 20.7 Å². The van der Waals surface area contributed by atoms with Gasteiger partial charge in [-0.15, -0.1) is 0 Å². The number of ether oxygens (including phenoxy) is 1. The SMILES string of the molecule is Cc1nc2c(N3CCN[C@@H](CC#N)C3)nc(OC[C@@]34CCCN3C[C@H](F)C4)nc2c(F)c1-c1ccc(F)c2oc(N)nc12. The Morgan fingerprint density at radius 3 is 2.86 bits per heavy atom. The van der Waals surface area contributed by atoms with Crippen molar-refractivity contribution in [3.8, 4) is 23.2 Å². The molecule has 3 fully saturated rings. The zero-order chi connectivity index (χ0) is 29.9. The van der Waals surface area contributed by atoms with Crippen LogP contribution in [0.5, 0.6) is 6.01 Å². The second-order valence-electron chi connectivity index (χ2n) is 11.6. The number of piperazine rings is 1.